The van der Waals surface area contributed by atoms with E-state index < -0.39 is 8.07 Å². The number of allylic oxidation sites excluding steroid dienone is 4. The first kappa shape index (κ1) is 39.0. The summed E-state index contributed by atoms with van der Waals surface area (Å²) in [5.41, 5.74) is 7.43. The number of unbranched alkanes of at least 4 members (excludes halogenated alkanes) is 3. The topological polar surface area (TPSA) is 0 Å². The molecule has 0 saturated carbocycles. The quantitative estimate of drug-likeness (QED) is 0.166. The van der Waals surface area contributed by atoms with E-state index in [1.165, 1.54) is 105 Å². The monoisotopic (exact) mass is 672 g/mol. The molecule has 0 radical (unpaired) electrons. The Labute approximate surface area is 287 Å². The number of aryl methyl sites for hydroxylation is 3. The summed E-state index contributed by atoms with van der Waals surface area (Å²) >= 11 is 2.35. The molecule has 3 aromatic carbocycles. The summed E-state index contributed by atoms with van der Waals surface area (Å²) < 4.78 is 1.54. The van der Waals surface area contributed by atoms with Gasteiger partial charge in [-0.2, -0.15) is 0 Å². The van der Waals surface area contributed by atoms with E-state index in [-0.39, 0.29) is 37.2 Å². The Bertz CT molecular complexity index is 1170. The minimum absolute atomic E-state index is 0. The molecule has 0 fully saturated rings. The second kappa shape index (κ2) is 18.7. The zero-order valence-electron chi connectivity index (χ0n) is 26.1. The summed E-state index contributed by atoms with van der Waals surface area (Å²) in [4.78, 5) is 0. The second-order valence-corrected chi connectivity index (χ2v) is 16.3. The van der Waals surface area contributed by atoms with Crippen LogP contribution in [0.4, 0.5) is 0 Å². The van der Waals surface area contributed by atoms with Crippen molar-refractivity contribution in [2.45, 2.75) is 98.8 Å². The van der Waals surface area contributed by atoms with E-state index in [0.717, 1.165) is 6.42 Å². The van der Waals surface area contributed by atoms with Gasteiger partial charge in [-0.15, -0.1) is 0 Å². The van der Waals surface area contributed by atoms with Gasteiger partial charge in [-0.25, -0.2) is 0 Å². The average molecular weight is 674 g/mol. The molecule has 0 saturated heterocycles. The van der Waals surface area contributed by atoms with Gasteiger partial charge in [-0.1, -0.05) is 0 Å². The van der Waals surface area contributed by atoms with Crippen LogP contribution in [0.5, 0.6) is 0 Å². The van der Waals surface area contributed by atoms with Crippen LogP contribution in [-0.4, -0.2) is 8.07 Å². The molecule has 0 amide bonds. The number of halogens is 3. The molecule has 1 aliphatic carbocycles. The molecule has 5 heteroatoms. The Morgan fingerprint density at radius 1 is 0.524 bits per heavy atom. The molecule has 1 aliphatic rings. The number of hydrogen-bond donors (Lipinski definition) is 0. The summed E-state index contributed by atoms with van der Waals surface area (Å²) in [6, 6.07) is 29.5. The van der Waals surface area contributed by atoms with E-state index in [4.69, 9.17) is 0 Å². The summed E-state index contributed by atoms with van der Waals surface area (Å²) in [5, 5.41) is 6.27. The molecule has 224 valence electrons. The third kappa shape index (κ3) is 8.56. The second-order valence-electron chi connectivity index (χ2n) is 11.5. The van der Waals surface area contributed by atoms with Crippen molar-refractivity contribution in [2.24, 2.45) is 0 Å². The van der Waals surface area contributed by atoms with Crippen LogP contribution in [0.15, 0.2) is 93.0 Å². The molecule has 4 rings (SSSR count). The van der Waals surface area contributed by atoms with E-state index >= 15 is 0 Å². The molecule has 42 heavy (non-hydrogen) atoms. The number of benzene rings is 3. The zero-order valence-corrected chi connectivity index (χ0v) is 31.0. The predicted octanol–water partition coefficient (Wildman–Crippen LogP) is -0.723. The fourth-order valence-electron chi connectivity index (χ4n) is 6.24. The van der Waals surface area contributed by atoms with E-state index in [2.05, 4.69) is 128 Å². The molecular formula is C37H47Cl3SiTi. The molecule has 0 aromatic heterocycles. The van der Waals surface area contributed by atoms with E-state index in [9.17, 15) is 0 Å². The van der Waals surface area contributed by atoms with Gasteiger partial charge in [0, 0.05) is 0 Å². The molecule has 0 bridgehead atoms. The molecule has 0 aliphatic heterocycles. The van der Waals surface area contributed by atoms with Crippen LogP contribution < -0.4 is 52.8 Å². The maximum Gasteiger partial charge on any atom is -1.00 e. The minimum Gasteiger partial charge on any atom is -1.00 e. The van der Waals surface area contributed by atoms with Crippen LogP contribution in [0.2, 0.25) is 0 Å². The Kier molecular flexibility index (Phi) is 17.3. The van der Waals surface area contributed by atoms with Gasteiger partial charge in [0.1, 0.15) is 0 Å². The number of rotatable bonds is 13. The van der Waals surface area contributed by atoms with Crippen LogP contribution in [-0.2, 0) is 39.7 Å². The smallest absolute Gasteiger partial charge is 1.00 e. The third-order valence-corrected chi connectivity index (χ3v) is 14.8. The van der Waals surface area contributed by atoms with Gasteiger partial charge in [-0.05, 0) is 0 Å². The van der Waals surface area contributed by atoms with Crippen LogP contribution in [0.25, 0.3) is 0 Å². The van der Waals surface area contributed by atoms with Gasteiger partial charge in [0.2, 0.25) is 0 Å². The molecule has 0 spiro atoms. The molecule has 0 N–H and O–H groups in total. The fraction of sp³-hybridized carbons (Fsp3) is 0.405. The zero-order chi connectivity index (χ0) is 27.8. The number of hydrogen-bond acceptors (Lipinski definition) is 0. The molecular weight excluding hydrogens is 627 g/mol. The molecule has 0 heterocycles. The van der Waals surface area contributed by atoms with Crippen molar-refractivity contribution in [1.82, 2.24) is 0 Å². The van der Waals surface area contributed by atoms with Gasteiger partial charge < -0.3 is 37.2 Å². The SMILES string of the molecule is CCCCc1ccc([Si](C2=C(C)C(C)=[C]([Ti+3])C2)(c2ccc(CCCC)cc2)c2ccc(CCCC)cc2)cc1.[Cl-].[Cl-].[Cl-]. The van der Waals surface area contributed by atoms with Crippen molar-refractivity contribution < 1.29 is 57.7 Å². The standard InChI is InChI=1S/C37H47Si.3ClH.Ti/c1-6-9-12-31-16-22-34(23-17-31)38(37-28-15-29(4)30(37)5,35-24-18-32(19-25-35)13-10-7-2)36-26-20-33(21-27-36)14-11-8-3;;;;/h16-27H,6-14,28H2,1-5H3;3*1H;/q;;;;+3/p-3. The van der Waals surface area contributed by atoms with Gasteiger partial charge in [0.05, 0.1) is 0 Å². The summed E-state index contributed by atoms with van der Waals surface area (Å²) in [6.07, 6.45) is 12.1. The Balaban J connectivity index is 0.00000294. The van der Waals surface area contributed by atoms with E-state index in [1.807, 2.05) is 0 Å². The summed E-state index contributed by atoms with van der Waals surface area (Å²) in [6.45, 7) is 11.6. The van der Waals surface area contributed by atoms with Crippen LogP contribution in [0, 0.1) is 0 Å². The predicted molar refractivity (Wildman–Crippen MR) is 170 cm³/mol. The Morgan fingerprint density at radius 3 is 1.07 bits per heavy atom. The van der Waals surface area contributed by atoms with E-state index in [1.54, 1.807) is 5.20 Å². The van der Waals surface area contributed by atoms with Crippen molar-refractivity contribution in [2.75, 3.05) is 0 Å². The first-order valence-electron chi connectivity index (χ1n) is 15.4. The van der Waals surface area contributed by atoms with Gasteiger partial charge in [0.25, 0.3) is 0 Å². The van der Waals surface area contributed by atoms with Crippen molar-refractivity contribution in [3.05, 3.63) is 110 Å². The molecule has 0 atom stereocenters. The molecule has 3 aromatic rings. The van der Waals surface area contributed by atoms with Crippen LogP contribution in [0.1, 0.15) is 96.3 Å². The third-order valence-electron chi connectivity index (χ3n) is 8.89. The fourth-order valence-corrected chi connectivity index (χ4v) is 12.3. The largest absolute Gasteiger partial charge is 1.00 e. The van der Waals surface area contributed by atoms with Gasteiger partial charge in [0.15, 0.2) is 0 Å². The van der Waals surface area contributed by atoms with Crippen LogP contribution >= 0.6 is 0 Å². The van der Waals surface area contributed by atoms with Crippen molar-refractivity contribution in [3.8, 4) is 0 Å². The van der Waals surface area contributed by atoms with Crippen molar-refractivity contribution >= 4 is 23.6 Å². The van der Waals surface area contributed by atoms with Crippen molar-refractivity contribution in [3.63, 3.8) is 0 Å². The Hall–Kier alpha value is -1.06. The van der Waals surface area contributed by atoms with Gasteiger partial charge in [-0.3, -0.25) is 0 Å². The van der Waals surface area contributed by atoms with Gasteiger partial charge >= 0.3 is 253 Å². The summed E-state index contributed by atoms with van der Waals surface area (Å²) in [5.74, 6) is 0. The normalized spacial score (nSPS) is 13.0. The first-order chi connectivity index (χ1) is 18.9. The average Bonchev–Trinajstić information content (AvgIpc) is 3.23. The minimum atomic E-state index is -2.46. The summed E-state index contributed by atoms with van der Waals surface area (Å²) in [7, 11) is -2.46. The maximum absolute atomic E-state index is 2.50. The molecule has 0 nitrogen and oxygen atoms in total. The molecule has 0 unspecified atom stereocenters. The first-order valence-corrected chi connectivity index (χ1v) is 18.1. The van der Waals surface area contributed by atoms with E-state index in [0.29, 0.717) is 0 Å². The van der Waals surface area contributed by atoms with Crippen molar-refractivity contribution in [1.29, 1.82) is 0 Å². The Morgan fingerprint density at radius 2 is 0.833 bits per heavy atom. The van der Waals surface area contributed by atoms with Crippen LogP contribution in [0.3, 0.4) is 0 Å². The maximum atomic E-state index is 2.50.